The summed E-state index contributed by atoms with van der Waals surface area (Å²) in [7, 11) is 0. The molecule has 1 unspecified atom stereocenters. The largest absolute Gasteiger partial charge is 0.387 e. The van der Waals surface area contributed by atoms with Crippen molar-refractivity contribution in [1.82, 2.24) is 4.90 Å². The maximum absolute atomic E-state index is 10.4. The zero-order valence-electron chi connectivity index (χ0n) is 13.4. The molecule has 0 radical (unpaired) electrons. The fourth-order valence-electron chi connectivity index (χ4n) is 4.15. The van der Waals surface area contributed by atoms with E-state index in [1.165, 1.54) is 63.6 Å². The maximum Gasteiger partial charge on any atom is 0.0916 e. The monoisotopic (exact) mass is 287 g/mol. The molecule has 0 aromatic heterocycles. The smallest absolute Gasteiger partial charge is 0.0916 e. The topological polar surface area (TPSA) is 23.5 Å². The van der Waals surface area contributed by atoms with Gasteiger partial charge in [-0.25, -0.2) is 0 Å². The summed E-state index contributed by atoms with van der Waals surface area (Å²) in [6, 6.07) is 8.30. The number of aliphatic hydroxyl groups excluding tert-OH is 1. The normalized spacial score (nSPS) is 24.1. The molecule has 2 fully saturated rings. The van der Waals surface area contributed by atoms with Gasteiger partial charge < -0.3 is 10.0 Å². The van der Waals surface area contributed by atoms with Gasteiger partial charge >= 0.3 is 0 Å². The summed E-state index contributed by atoms with van der Waals surface area (Å²) in [6.45, 7) is 5.22. The molecule has 116 valence electrons. The number of piperidine rings is 1. The van der Waals surface area contributed by atoms with Crippen LogP contribution in [0.2, 0.25) is 0 Å². The minimum Gasteiger partial charge on any atom is -0.387 e. The first-order chi connectivity index (χ1) is 10.2. The van der Waals surface area contributed by atoms with E-state index in [0.29, 0.717) is 5.41 Å². The SMILES string of the molecule is Cc1ccc(C(O)CN2CCC3(CCCCC3)CC2)cc1. The Balaban J connectivity index is 1.51. The highest BCUT2D eigenvalue weighted by Gasteiger charge is 2.35. The molecular weight excluding hydrogens is 258 g/mol. The Morgan fingerprint density at radius 3 is 2.24 bits per heavy atom. The number of hydrogen-bond donors (Lipinski definition) is 1. The van der Waals surface area contributed by atoms with E-state index >= 15 is 0 Å². The van der Waals surface area contributed by atoms with Gasteiger partial charge in [-0.15, -0.1) is 0 Å². The second-order valence-electron chi connectivity index (χ2n) is 7.29. The minimum atomic E-state index is -0.342. The number of aryl methyl sites for hydroxylation is 1. The molecule has 1 aromatic rings. The average molecular weight is 287 g/mol. The van der Waals surface area contributed by atoms with Gasteiger partial charge in [0.1, 0.15) is 0 Å². The molecule has 2 nitrogen and oxygen atoms in total. The summed E-state index contributed by atoms with van der Waals surface area (Å²) in [5.41, 5.74) is 2.96. The second-order valence-corrected chi connectivity index (χ2v) is 7.29. The van der Waals surface area contributed by atoms with Gasteiger partial charge in [0.15, 0.2) is 0 Å². The zero-order chi connectivity index (χ0) is 14.7. The molecule has 1 aliphatic heterocycles. The Kier molecular flexibility index (Phi) is 4.66. The first-order valence-corrected chi connectivity index (χ1v) is 8.64. The highest BCUT2D eigenvalue weighted by atomic mass is 16.3. The number of aliphatic hydroxyl groups is 1. The van der Waals surface area contributed by atoms with E-state index < -0.39 is 0 Å². The van der Waals surface area contributed by atoms with Gasteiger partial charge in [0.2, 0.25) is 0 Å². The number of benzene rings is 1. The van der Waals surface area contributed by atoms with E-state index in [0.717, 1.165) is 12.1 Å². The van der Waals surface area contributed by atoms with E-state index in [1.54, 1.807) is 0 Å². The number of β-amino-alcohol motifs (C(OH)–C–C–N with tert-alkyl or cyclic N) is 1. The van der Waals surface area contributed by atoms with Crippen molar-refractivity contribution < 1.29 is 5.11 Å². The fourth-order valence-corrected chi connectivity index (χ4v) is 4.15. The molecule has 1 atom stereocenters. The molecular formula is C19H29NO. The molecule has 0 amide bonds. The lowest BCUT2D eigenvalue weighted by Crippen LogP contribution is -2.42. The Bertz CT molecular complexity index is 437. The van der Waals surface area contributed by atoms with Crippen molar-refractivity contribution in [2.45, 2.75) is 58.0 Å². The van der Waals surface area contributed by atoms with Crippen LogP contribution >= 0.6 is 0 Å². The lowest BCUT2D eigenvalue weighted by Gasteiger charge is -2.44. The highest BCUT2D eigenvalue weighted by Crippen LogP contribution is 2.44. The maximum atomic E-state index is 10.4. The summed E-state index contributed by atoms with van der Waals surface area (Å²) >= 11 is 0. The van der Waals surface area contributed by atoms with Crippen LogP contribution in [0.25, 0.3) is 0 Å². The Labute approximate surface area is 129 Å². The lowest BCUT2D eigenvalue weighted by molar-refractivity contribution is 0.0380. The van der Waals surface area contributed by atoms with Gasteiger partial charge in [-0.05, 0) is 56.7 Å². The van der Waals surface area contributed by atoms with Crippen molar-refractivity contribution in [3.05, 3.63) is 35.4 Å². The Hall–Kier alpha value is -0.860. The molecule has 1 saturated heterocycles. The van der Waals surface area contributed by atoms with E-state index in [4.69, 9.17) is 0 Å². The van der Waals surface area contributed by atoms with Gasteiger partial charge in [0, 0.05) is 6.54 Å². The quantitative estimate of drug-likeness (QED) is 0.905. The molecule has 0 bridgehead atoms. The first kappa shape index (κ1) is 15.1. The first-order valence-electron chi connectivity index (χ1n) is 8.64. The van der Waals surface area contributed by atoms with Crippen molar-refractivity contribution in [2.24, 2.45) is 5.41 Å². The Morgan fingerprint density at radius 1 is 1.00 bits per heavy atom. The van der Waals surface area contributed by atoms with E-state index in [9.17, 15) is 5.11 Å². The third-order valence-corrected chi connectivity index (χ3v) is 5.72. The molecule has 21 heavy (non-hydrogen) atoms. The molecule has 1 aromatic carbocycles. The van der Waals surface area contributed by atoms with Crippen LogP contribution in [0.4, 0.5) is 0 Å². The van der Waals surface area contributed by atoms with Crippen LogP contribution in [0.3, 0.4) is 0 Å². The van der Waals surface area contributed by atoms with Crippen LogP contribution in [0.5, 0.6) is 0 Å². The number of rotatable bonds is 3. The van der Waals surface area contributed by atoms with Gasteiger partial charge in [0.05, 0.1) is 6.10 Å². The van der Waals surface area contributed by atoms with Gasteiger partial charge in [-0.3, -0.25) is 0 Å². The van der Waals surface area contributed by atoms with Crippen LogP contribution in [0, 0.1) is 12.3 Å². The van der Waals surface area contributed by atoms with Crippen molar-refractivity contribution in [3.8, 4) is 0 Å². The van der Waals surface area contributed by atoms with E-state index in [-0.39, 0.29) is 6.10 Å². The predicted molar refractivity (Wildman–Crippen MR) is 87.3 cm³/mol. The molecule has 1 spiro atoms. The van der Waals surface area contributed by atoms with E-state index in [2.05, 4.69) is 36.1 Å². The van der Waals surface area contributed by atoms with Crippen LogP contribution in [-0.4, -0.2) is 29.6 Å². The molecule has 1 heterocycles. The van der Waals surface area contributed by atoms with Gasteiger partial charge in [-0.1, -0.05) is 49.1 Å². The Morgan fingerprint density at radius 2 is 1.62 bits per heavy atom. The standard InChI is InChI=1S/C19H29NO/c1-16-5-7-17(8-6-16)18(21)15-20-13-11-19(12-14-20)9-3-2-4-10-19/h5-8,18,21H,2-4,9-15H2,1H3. The number of nitrogens with zero attached hydrogens (tertiary/aromatic N) is 1. The predicted octanol–water partition coefficient (Wildman–Crippen LogP) is 4.07. The van der Waals surface area contributed by atoms with Crippen molar-refractivity contribution in [1.29, 1.82) is 0 Å². The molecule has 2 heteroatoms. The summed E-state index contributed by atoms with van der Waals surface area (Å²) < 4.78 is 0. The van der Waals surface area contributed by atoms with Crippen molar-refractivity contribution >= 4 is 0 Å². The minimum absolute atomic E-state index is 0.342. The number of likely N-dealkylation sites (tertiary alicyclic amines) is 1. The third-order valence-electron chi connectivity index (χ3n) is 5.72. The van der Waals surface area contributed by atoms with Gasteiger partial charge in [-0.2, -0.15) is 0 Å². The van der Waals surface area contributed by atoms with Gasteiger partial charge in [0.25, 0.3) is 0 Å². The average Bonchev–Trinajstić information content (AvgIpc) is 2.51. The lowest BCUT2D eigenvalue weighted by atomic mass is 9.68. The van der Waals surface area contributed by atoms with Crippen molar-refractivity contribution in [3.63, 3.8) is 0 Å². The van der Waals surface area contributed by atoms with Crippen molar-refractivity contribution in [2.75, 3.05) is 19.6 Å². The molecule has 1 saturated carbocycles. The zero-order valence-corrected chi connectivity index (χ0v) is 13.4. The number of hydrogen-bond acceptors (Lipinski definition) is 2. The summed E-state index contributed by atoms with van der Waals surface area (Å²) in [5.74, 6) is 0. The molecule has 1 N–H and O–H groups in total. The molecule has 3 rings (SSSR count). The summed E-state index contributed by atoms with van der Waals surface area (Å²) in [5, 5.41) is 10.4. The second kappa shape index (κ2) is 6.50. The molecule has 2 aliphatic rings. The van der Waals surface area contributed by atoms with Crippen LogP contribution in [0.15, 0.2) is 24.3 Å². The summed E-state index contributed by atoms with van der Waals surface area (Å²) in [4.78, 5) is 2.46. The highest BCUT2D eigenvalue weighted by molar-refractivity contribution is 5.23. The van der Waals surface area contributed by atoms with Crippen LogP contribution in [-0.2, 0) is 0 Å². The summed E-state index contributed by atoms with van der Waals surface area (Å²) in [6.07, 6.45) is 9.55. The fraction of sp³-hybridized carbons (Fsp3) is 0.684. The van der Waals surface area contributed by atoms with E-state index in [1.807, 2.05) is 0 Å². The molecule has 1 aliphatic carbocycles. The van der Waals surface area contributed by atoms with Crippen LogP contribution in [0.1, 0.15) is 62.2 Å². The third kappa shape index (κ3) is 3.67. The van der Waals surface area contributed by atoms with Crippen LogP contribution < -0.4 is 0 Å².